The van der Waals surface area contributed by atoms with Gasteiger partial charge in [0.2, 0.25) is 0 Å². The molecule has 3 rings (SSSR count). The summed E-state index contributed by atoms with van der Waals surface area (Å²) in [5, 5.41) is 2.43. The summed E-state index contributed by atoms with van der Waals surface area (Å²) in [6.07, 6.45) is 0. The van der Waals surface area contributed by atoms with Crippen LogP contribution < -0.4 is 0 Å². The third-order valence-corrected chi connectivity index (χ3v) is 4.94. The summed E-state index contributed by atoms with van der Waals surface area (Å²) in [6, 6.07) is 12.5. The number of rotatable bonds is 2. The molecule has 0 N–H and O–H groups in total. The monoisotopic (exact) mass is 395 g/mol. The Kier molecular flexibility index (Phi) is 3.83. The normalized spacial score (nSPS) is 11.3. The molecule has 1 aromatic heterocycles. The van der Waals surface area contributed by atoms with Crippen molar-refractivity contribution in [1.29, 1.82) is 0 Å². The maximum atomic E-state index is 4.75. The van der Waals surface area contributed by atoms with Crippen molar-refractivity contribution in [1.82, 2.24) is 4.98 Å². The first kappa shape index (κ1) is 13.4. The molecule has 0 atom stereocenters. The lowest BCUT2D eigenvalue weighted by Crippen LogP contribution is -1.88. The number of aromatic nitrogens is 1. The van der Waals surface area contributed by atoms with Gasteiger partial charge >= 0.3 is 0 Å². The Balaban J connectivity index is 2.47. The summed E-state index contributed by atoms with van der Waals surface area (Å²) >= 11 is 8.97. The zero-order valence-corrected chi connectivity index (χ0v) is 14.3. The van der Waals surface area contributed by atoms with Crippen molar-refractivity contribution in [2.75, 3.05) is 5.75 Å². The van der Waals surface area contributed by atoms with E-state index in [4.69, 9.17) is 4.98 Å². The number of nitrogens with zero attached hydrogens (tertiary/aromatic N) is 1. The fourth-order valence-corrected chi connectivity index (χ4v) is 3.80. The topological polar surface area (TPSA) is 12.9 Å². The Bertz CT molecular complexity index is 711. The highest BCUT2D eigenvalue weighted by Gasteiger charge is 2.10. The summed E-state index contributed by atoms with van der Waals surface area (Å²) in [7, 11) is 0. The van der Waals surface area contributed by atoms with Crippen LogP contribution in [0, 0.1) is 0 Å². The van der Waals surface area contributed by atoms with E-state index in [1.807, 2.05) is 23.9 Å². The second kappa shape index (κ2) is 5.43. The maximum Gasteiger partial charge on any atom is 0.0721 e. The number of thioether (sulfide) groups is 1. The van der Waals surface area contributed by atoms with Gasteiger partial charge in [-0.3, -0.25) is 0 Å². The van der Waals surface area contributed by atoms with Gasteiger partial charge in [-0.1, -0.05) is 38.8 Å². The van der Waals surface area contributed by atoms with Crippen LogP contribution in [-0.2, 0) is 0 Å². The molecule has 0 aliphatic carbocycles. The van der Waals surface area contributed by atoms with Gasteiger partial charge in [0, 0.05) is 24.6 Å². The molecule has 96 valence electrons. The third kappa shape index (κ3) is 2.54. The van der Waals surface area contributed by atoms with Crippen LogP contribution in [0.3, 0.4) is 0 Å². The minimum absolute atomic E-state index is 1.05. The number of hydrogen-bond acceptors (Lipinski definition) is 2. The zero-order valence-electron chi connectivity index (χ0n) is 10.3. The minimum atomic E-state index is 1.05. The van der Waals surface area contributed by atoms with Crippen LogP contribution in [0.1, 0.15) is 6.92 Å². The molecule has 0 saturated heterocycles. The van der Waals surface area contributed by atoms with Gasteiger partial charge in [-0.15, -0.1) is 11.8 Å². The second-order valence-electron chi connectivity index (χ2n) is 4.20. The molecule has 2 aromatic carbocycles. The molecule has 0 aliphatic rings. The molecule has 0 spiro atoms. The first-order chi connectivity index (χ1) is 9.19. The fraction of sp³-hybridized carbons (Fsp3) is 0.133. The molecule has 0 radical (unpaired) electrons. The lowest BCUT2D eigenvalue weighted by Gasteiger charge is -2.10. The van der Waals surface area contributed by atoms with E-state index < -0.39 is 0 Å². The van der Waals surface area contributed by atoms with Crippen LogP contribution in [0.2, 0.25) is 0 Å². The number of fused-ring (bicyclic) bond motifs is 2. The molecule has 0 bridgehead atoms. The largest absolute Gasteiger partial charge is 0.248 e. The predicted molar refractivity (Wildman–Crippen MR) is 91.0 cm³/mol. The highest BCUT2D eigenvalue weighted by atomic mass is 79.9. The predicted octanol–water partition coefficient (Wildman–Crippen LogP) is 6.03. The van der Waals surface area contributed by atoms with E-state index in [1.54, 1.807) is 0 Å². The molecule has 4 heteroatoms. The van der Waals surface area contributed by atoms with Crippen molar-refractivity contribution in [3.05, 3.63) is 45.3 Å². The van der Waals surface area contributed by atoms with Gasteiger partial charge < -0.3 is 0 Å². The van der Waals surface area contributed by atoms with E-state index >= 15 is 0 Å². The van der Waals surface area contributed by atoms with Gasteiger partial charge in [0.1, 0.15) is 0 Å². The Morgan fingerprint density at radius 3 is 1.95 bits per heavy atom. The van der Waals surface area contributed by atoms with E-state index in [0.29, 0.717) is 0 Å². The Labute approximate surface area is 133 Å². The lowest BCUT2D eigenvalue weighted by molar-refractivity contribution is 1.43. The van der Waals surface area contributed by atoms with Crippen molar-refractivity contribution < 1.29 is 0 Å². The molecule has 3 aromatic rings. The van der Waals surface area contributed by atoms with E-state index in [-0.39, 0.29) is 0 Å². The van der Waals surface area contributed by atoms with Crippen molar-refractivity contribution in [2.24, 2.45) is 0 Å². The molecular weight excluding hydrogens is 386 g/mol. The van der Waals surface area contributed by atoms with Crippen molar-refractivity contribution >= 4 is 65.4 Å². The van der Waals surface area contributed by atoms with Crippen molar-refractivity contribution in [3.8, 4) is 0 Å². The average molecular weight is 397 g/mol. The molecule has 0 unspecified atom stereocenters. The molecule has 1 nitrogen and oxygen atoms in total. The molecule has 0 aliphatic heterocycles. The average Bonchev–Trinajstić information content (AvgIpc) is 2.40. The second-order valence-corrected chi connectivity index (χ2v) is 7.30. The number of hydrogen-bond donors (Lipinski definition) is 0. The smallest absolute Gasteiger partial charge is 0.0721 e. The first-order valence-corrected chi connectivity index (χ1v) is 8.57. The molecule has 19 heavy (non-hydrogen) atoms. The SMILES string of the molecule is CCSc1c2cc(Br)ccc2nc2ccc(Br)cc12. The number of pyridine rings is 1. The van der Waals surface area contributed by atoms with Gasteiger partial charge in [0.15, 0.2) is 0 Å². The first-order valence-electron chi connectivity index (χ1n) is 6.00. The quantitative estimate of drug-likeness (QED) is 0.387. The Hall–Kier alpha value is -0.580. The van der Waals surface area contributed by atoms with Crippen LogP contribution in [0.25, 0.3) is 21.8 Å². The van der Waals surface area contributed by atoms with Crippen LogP contribution in [0.4, 0.5) is 0 Å². The number of benzene rings is 2. The van der Waals surface area contributed by atoms with Crippen LogP contribution in [0.15, 0.2) is 50.2 Å². The Morgan fingerprint density at radius 2 is 1.47 bits per heavy atom. The van der Waals surface area contributed by atoms with E-state index in [1.165, 1.54) is 15.7 Å². The van der Waals surface area contributed by atoms with Gasteiger partial charge in [-0.2, -0.15) is 0 Å². The lowest BCUT2D eigenvalue weighted by atomic mass is 10.1. The van der Waals surface area contributed by atoms with Gasteiger partial charge in [-0.05, 0) is 42.2 Å². The van der Waals surface area contributed by atoms with Gasteiger partial charge in [-0.25, -0.2) is 4.98 Å². The van der Waals surface area contributed by atoms with Crippen molar-refractivity contribution in [2.45, 2.75) is 11.8 Å². The van der Waals surface area contributed by atoms with E-state index in [2.05, 4.69) is 63.0 Å². The summed E-state index contributed by atoms with van der Waals surface area (Å²) in [4.78, 5) is 6.06. The standard InChI is InChI=1S/C15H11Br2NS/c1-2-19-15-11-7-9(16)3-5-13(11)18-14-6-4-10(17)8-12(14)15/h3-8H,2H2,1H3. The Morgan fingerprint density at radius 1 is 0.947 bits per heavy atom. The van der Waals surface area contributed by atoms with Crippen LogP contribution >= 0.6 is 43.6 Å². The molecular formula is C15H11Br2NS. The highest BCUT2D eigenvalue weighted by molar-refractivity contribution is 9.10. The van der Waals surface area contributed by atoms with E-state index in [9.17, 15) is 0 Å². The molecule has 1 heterocycles. The van der Waals surface area contributed by atoms with Crippen molar-refractivity contribution in [3.63, 3.8) is 0 Å². The molecule has 0 fully saturated rings. The minimum Gasteiger partial charge on any atom is -0.248 e. The van der Waals surface area contributed by atoms with Crippen LogP contribution in [-0.4, -0.2) is 10.7 Å². The van der Waals surface area contributed by atoms with Gasteiger partial charge in [0.05, 0.1) is 11.0 Å². The maximum absolute atomic E-state index is 4.75. The fourth-order valence-electron chi connectivity index (χ4n) is 2.15. The summed E-state index contributed by atoms with van der Waals surface area (Å²) in [5.74, 6) is 1.05. The van der Waals surface area contributed by atoms with Gasteiger partial charge in [0.25, 0.3) is 0 Å². The summed E-state index contributed by atoms with van der Waals surface area (Å²) in [6.45, 7) is 2.18. The number of halogens is 2. The third-order valence-electron chi connectivity index (χ3n) is 2.94. The molecule has 0 amide bonds. The molecule has 0 saturated carbocycles. The van der Waals surface area contributed by atoms with Crippen LogP contribution in [0.5, 0.6) is 0 Å². The van der Waals surface area contributed by atoms with E-state index in [0.717, 1.165) is 25.7 Å². The zero-order chi connectivity index (χ0) is 13.4. The highest BCUT2D eigenvalue weighted by Crippen LogP contribution is 2.36. The summed E-state index contributed by atoms with van der Waals surface area (Å²) < 4.78 is 2.18. The summed E-state index contributed by atoms with van der Waals surface area (Å²) in [5.41, 5.74) is 2.10.